The van der Waals surface area contributed by atoms with Crippen LogP contribution in [0.3, 0.4) is 0 Å². The molecule has 0 saturated heterocycles. The minimum atomic E-state index is -4.77. The molecular formula is C18H12Cl2F3N5O2S. The molecule has 0 aliphatic carbocycles. The Morgan fingerprint density at radius 1 is 1.13 bits per heavy atom. The molecule has 7 nitrogen and oxygen atoms in total. The van der Waals surface area contributed by atoms with Crippen molar-refractivity contribution >= 4 is 44.3 Å². The molecule has 4 rings (SSSR count). The van der Waals surface area contributed by atoms with Crippen molar-refractivity contribution < 1.29 is 21.9 Å². The Bertz CT molecular complexity index is 1420. The molecule has 162 valence electrons. The van der Waals surface area contributed by atoms with Crippen molar-refractivity contribution in [2.24, 2.45) is 4.36 Å². The second-order valence-corrected chi connectivity index (χ2v) is 9.52. The summed E-state index contributed by atoms with van der Waals surface area (Å²) < 4.78 is 62.0. The van der Waals surface area contributed by atoms with Gasteiger partial charge in [0, 0.05) is 18.0 Å². The average molecular weight is 490 g/mol. The van der Waals surface area contributed by atoms with Crippen LogP contribution >= 0.6 is 23.2 Å². The zero-order valence-corrected chi connectivity index (χ0v) is 18.1. The molecule has 0 spiro atoms. The van der Waals surface area contributed by atoms with Gasteiger partial charge in [0.1, 0.15) is 16.4 Å². The quantitative estimate of drug-likeness (QED) is 0.362. The predicted molar refractivity (Wildman–Crippen MR) is 109 cm³/mol. The van der Waals surface area contributed by atoms with Gasteiger partial charge in [-0.3, -0.25) is 4.40 Å². The first-order chi connectivity index (χ1) is 14.5. The van der Waals surface area contributed by atoms with Crippen LogP contribution in [0.5, 0.6) is 0 Å². The highest BCUT2D eigenvalue weighted by Crippen LogP contribution is 2.35. The van der Waals surface area contributed by atoms with Gasteiger partial charge in [-0.1, -0.05) is 34.4 Å². The van der Waals surface area contributed by atoms with Crippen LogP contribution < -0.4 is 0 Å². The summed E-state index contributed by atoms with van der Waals surface area (Å²) in [5.41, 5.74) is 1.19. The molecule has 0 saturated carbocycles. The summed E-state index contributed by atoms with van der Waals surface area (Å²) in [5, 5.41) is 4.06. The number of alkyl halides is 3. The largest absolute Gasteiger partial charge is 0.471 e. The number of fused-ring (bicyclic) bond motifs is 1. The summed E-state index contributed by atoms with van der Waals surface area (Å²) in [6, 6.07) is 7.78. The molecule has 13 heteroatoms. The van der Waals surface area contributed by atoms with Gasteiger partial charge in [0.15, 0.2) is 0 Å². The van der Waals surface area contributed by atoms with Gasteiger partial charge in [0.25, 0.3) is 0 Å². The third-order valence-corrected chi connectivity index (χ3v) is 6.58. The molecule has 1 atom stereocenters. The first-order valence-corrected chi connectivity index (χ1v) is 11.2. The molecule has 4 aromatic rings. The summed E-state index contributed by atoms with van der Waals surface area (Å²) >= 11 is 12.3. The zero-order chi connectivity index (χ0) is 22.6. The van der Waals surface area contributed by atoms with E-state index in [0.29, 0.717) is 11.3 Å². The van der Waals surface area contributed by atoms with E-state index in [0.717, 1.165) is 0 Å². The number of pyridine rings is 1. The molecule has 0 fully saturated rings. The Labute approximate surface area is 184 Å². The Balaban J connectivity index is 1.90. The standard InChI is InChI=1S/C18H12Cl2F3N5O2S/c1-9-16(31(2,29)27-14-11(19)4-3-5-12(14)20)28-8-10(6-7-13(28)24-9)15-25-17(30-26-15)18(21,22)23/h3-8H,1-2H3. The summed E-state index contributed by atoms with van der Waals surface area (Å²) in [4.78, 5) is 7.74. The van der Waals surface area contributed by atoms with Crippen molar-refractivity contribution in [3.8, 4) is 11.4 Å². The number of benzene rings is 1. The number of hydrogen-bond donors (Lipinski definition) is 0. The molecule has 0 N–H and O–H groups in total. The van der Waals surface area contributed by atoms with Crippen LogP contribution in [0.4, 0.5) is 18.9 Å². The van der Waals surface area contributed by atoms with Crippen molar-refractivity contribution in [1.29, 1.82) is 0 Å². The topological polar surface area (TPSA) is 85.6 Å². The SMILES string of the molecule is Cc1nc2ccc(-c3noc(C(F)(F)F)n3)cn2c1S(C)(=O)=Nc1c(Cl)cccc1Cl. The van der Waals surface area contributed by atoms with E-state index in [1.807, 2.05) is 0 Å². The Kier molecular flexibility index (Phi) is 5.23. The van der Waals surface area contributed by atoms with Gasteiger partial charge in [-0.05, 0) is 31.2 Å². The van der Waals surface area contributed by atoms with Crippen molar-refractivity contribution in [2.45, 2.75) is 18.1 Å². The molecule has 0 aliphatic heterocycles. The fourth-order valence-electron chi connectivity index (χ4n) is 2.98. The van der Waals surface area contributed by atoms with Crippen LogP contribution in [0.2, 0.25) is 10.0 Å². The fourth-order valence-corrected chi connectivity index (χ4v) is 5.30. The smallest absolute Gasteiger partial charge is 0.329 e. The minimum Gasteiger partial charge on any atom is -0.329 e. The molecule has 0 radical (unpaired) electrons. The fraction of sp³-hybridized carbons (Fsp3) is 0.167. The van der Waals surface area contributed by atoms with Crippen LogP contribution in [0.1, 0.15) is 11.6 Å². The second kappa shape index (κ2) is 7.50. The van der Waals surface area contributed by atoms with Gasteiger partial charge in [-0.2, -0.15) is 22.5 Å². The summed E-state index contributed by atoms with van der Waals surface area (Å²) in [6.45, 7) is 1.64. The van der Waals surface area contributed by atoms with Crippen molar-refractivity contribution in [2.75, 3.05) is 6.26 Å². The van der Waals surface area contributed by atoms with E-state index in [1.165, 1.54) is 29.0 Å². The summed E-state index contributed by atoms with van der Waals surface area (Å²) in [5.74, 6) is -1.74. The van der Waals surface area contributed by atoms with Crippen molar-refractivity contribution in [3.63, 3.8) is 0 Å². The third-order valence-electron chi connectivity index (χ3n) is 4.23. The molecule has 3 heterocycles. The van der Waals surface area contributed by atoms with Gasteiger partial charge in [0.05, 0.1) is 25.5 Å². The predicted octanol–water partition coefficient (Wildman–Crippen LogP) is 5.81. The van der Waals surface area contributed by atoms with E-state index >= 15 is 0 Å². The number of aromatic nitrogens is 4. The highest BCUT2D eigenvalue weighted by molar-refractivity contribution is 7.93. The molecular weight excluding hydrogens is 478 g/mol. The number of imidazole rings is 1. The third kappa shape index (κ3) is 4.00. The lowest BCUT2D eigenvalue weighted by Gasteiger charge is -2.08. The molecule has 0 bridgehead atoms. The maximum Gasteiger partial charge on any atom is 0.471 e. The van der Waals surface area contributed by atoms with Crippen molar-refractivity contribution in [1.82, 2.24) is 19.5 Å². The van der Waals surface area contributed by atoms with Crippen molar-refractivity contribution in [3.05, 3.63) is 58.2 Å². The number of rotatable bonds is 3. The number of nitrogens with zero attached hydrogens (tertiary/aromatic N) is 5. The number of halogens is 5. The average Bonchev–Trinajstić information content (AvgIpc) is 3.28. The number of aryl methyl sites for hydroxylation is 1. The van der Waals surface area contributed by atoms with Crippen LogP contribution in [0.15, 0.2) is 50.4 Å². The van der Waals surface area contributed by atoms with E-state index in [9.17, 15) is 17.4 Å². The summed E-state index contributed by atoms with van der Waals surface area (Å²) in [7, 11) is -3.13. The molecule has 0 amide bonds. The Hall–Kier alpha value is -2.63. The Morgan fingerprint density at radius 3 is 2.42 bits per heavy atom. The van der Waals surface area contributed by atoms with Crippen LogP contribution in [-0.2, 0) is 15.9 Å². The van der Waals surface area contributed by atoms with Gasteiger partial charge in [-0.25, -0.2) is 9.19 Å². The highest BCUT2D eigenvalue weighted by Gasteiger charge is 2.38. The first-order valence-electron chi connectivity index (χ1n) is 8.53. The van der Waals surface area contributed by atoms with E-state index in [1.54, 1.807) is 25.1 Å². The Morgan fingerprint density at radius 2 is 1.81 bits per heavy atom. The van der Waals surface area contributed by atoms with Gasteiger partial charge in [-0.15, -0.1) is 0 Å². The lowest BCUT2D eigenvalue weighted by Crippen LogP contribution is -2.05. The molecule has 31 heavy (non-hydrogen) atoms. The van der Waals surface area contributed by atoms with E-state index in [2.05, 4.69) is 24.0 Å². The molecule has 1 aromatic carbocycles. The maximum absolute atomic E-state index is 13.6. The number of hydrogen-bond acceptors (Lipinski definition) is 6. The molecule has 1 unspecified atom stereocenters. The van der Waals surface area contributed by atoms with Crippen LogP contribution in [0, 0.1) is 6.92 Å². The molecule has 0 aliphatic rings. The normalized spacial score (nSPS) is 14.0. The second-order valence-electron chi connectivity index (χ2n) is 6.53. The van der Waals surface area contributed by atoms with E-state index in [-0.39, 0.29) is 32.1 Å². The van der Waals surface area contributed by atoms with Gasteiger partial charge in [0.2, 0.25) is 5.82 Å². The van der Waals surface area contributed by atoms with Crippen LogP contribution in [0.25, 0.3) is 17.0 Å². The van der Waals surface area contributed by atoms with E-state index in [4.69, 9.17) is 23.2 Å². The van der Waals surface area contributed by atoms with E-state index < -0.39 is 21.8 Å². The highest BCUT2D eigenvalue weighted by atomic mass is 35.5. The first kappa shape index (κ1) is 21.6. The van der Waals surface area contributed by atoms with Crippen LogP contribution in [-0.4, -0.2) is 30.0 Å². The minimum absolute atomic E-state index is 0.164. The molecule has 3 aromatic heterocycles. The van der Waals surface area contributed by atoms with Gasteiger partial charge >= 0.3 is 12.1 Å². The lowest BCUT2D eigenvalue weighted by atomic mass is 10.3. The summed E-state index contributed by atoms with van der Waals surface area (Å²) in [6.07, 6.45) is -1.95. The van der Waals surface area contributed by atoms with Gasteiger partial charge < -0.3 is 4.52 Å². The lowest BCUT2D eigenvalue weighted by molar-refractivity contribution is -0.159. The monoisotopic (exact) mass is 489 g/mol. The zero-order valence-electron chi connectivity index (χ0n) is 15.8. The maximum atomic E-state index is 13.6.